The van der Waals surface area contributed by atoms with Crippen LogP contribution in [0.2, 0.25) is 0 Å². The van der Waals surface area contributed by atoms with Crippen molar-refractivity contribution >= 4 is 17.7 Å². The number of fused-ring (bicyclic) bond motifs is 1. The maximum Gasteiger partial charge on any atom is 0.259 e. The molecule has 1 saturated heterocycles. The van der Waals surface area contributed by atoms with E-state index in [9.17, 15) is 4.39 Å². The molecular weight excluding hydrogens is 385 g/mol. The van der Waals surface area contributed by atoms with Crippen molar-refractivity contribution in [2.75, 3.05) is 36.8 Å². The molecule has 0 bridgehead atoms. The van der Waals surface area contributed by atoms with Crippen LogP contribution in [0.15, 0.2) is 48.7 Å². The minimum atomic E-state index is -0.352. The van der Waals surface area contributed by atoms with E-state index < -0.39 is 0 Å². The maximum atomic E-state index is 13.5. The number of nitrogens with zero attached hydrogens (tertiary/aromatic N) is 8. The first kappa shape index (κ1) is 18.4. The highest BCUT2D eigenvalue weighted by Crippen LogP contribution is 2.20. The molecule has 1 aromatic carbocycles. The van der Waals surface area contributed by atoms with E-state index in [1.807, 2.05) is 24.4 Å². The summed E-state index contributed by atoms with van der Waals surface area (Å²) in [7, 11) is 0. The molecular formula is C20H20FN9. The lowest BCUT2D eigenvalue weighted by Gasteiger charge is -2.34. The number of benzene rings is 1. The summed E-state index contributed by atoms with van der Waals surface area (Å²) >= 11 is 0. The lowest BCUT2D eigenvalue weighted by atomic mass is 10.2. The summed E-state index contributed by atoms with van der Waals surface area (Å²) in [6.07, 6.45) is 1.81. The molecule has 0 amide bonds. The molecule has 0 aliphatic carbocycles. The average molecular weight is 405 g/mol. The fraction of sp³-hybridized carbons (Fsp3) is 0.250. The predicted octanol–water partition coefficient (Wildman–Crippen LogP) is 1.62. The molecule has 5 rings (SSSR count). The van der Waals surface area contributed by atoms with Gasteiger partial charge in [-0.15, -0.1) is 5.10 Å². The van der Waals surface area contributed by atoms with E-state index in [4.69, 9.17) is 5.73 Å². The second kappa shape index (κ2) is 7.64. The molecule has 0 radical (unpaired) electrons. The molecule has 30 heavy (non-hydrogen) atoms. The van der Waals surface area contributed by atoms with Gasteiger partial charge in [0.05, 0.1) is 5.69 Å². The van der Waals surface area contributed by atoms with Gasteiger partial charge in [-0.25, -0.2) is 4.39 Å². The zero-order chi connectivity index (χ0) is 20.5. The number of rotatable bonds is 4. The molecule has 4 heterocycles. The molecule has 1 fully saturated rings. The van der Waals surface area contributed by atoms with Gasteiger partial charge >= 0.3 is 0 Å². The molecule has 9 nitrogen and oxygen atoms in total. The maximum absolute atomic E-state index is 13.5. The Morgan fingerprint density at radius 3 is 2.60 bits per heavy atom. The van der Waals surface area contributed by atoms with Crippen molar-refractivity contribution in [1.29, 1.82) is 0 Å². The van der Waals surface area contributed by atoms with Crippen molar-refractivity contribution in [2.24, 2.45) is 0 Å². The fourth-order valence-corrected chi connectivity index (χ4v) is 3.51. The molecule has 3 aromatic heterocycles. The SMILES string of the molecule is Nc1nc(N2CCN(Cc3ccccn3)CC2)nc2nc(-c3cccc(F)c3)nn12. The highest BCUT2D eigenvalue weighted by atomic mass is 19.1. The van der Waals surface area contributed by atoms with Crippen LogP contribution in [0.1, 0.15) is 5.69 Å². The summed E-state index contributed by atoms with van der Waals surface area (Å²) in [5.41, 5.74) is 7.72. The number of aromatic nitrogens is 6. The van der Waals surface area contributed by atoms with Gasteiger partial charge in [0.25, 0.3) is 5.78 Å². The van der Waals surface area contributed by atoms with Crippen molar-refractivity contribution in [3.63, 3.8) is 0 Å². The molecule has 0 unspecified atom stereocenters. The Morgan fingerprint density at radius 1 is 0.967 bits per heavy atom. The number of hydrogen-bond donors (Lipinski definition) is 1. The van der Waals surface area contributed by atoms with Crippen LogP contribution in [0.3, 0.4) is 0 Å². The molecule has 4 aromatic rings. The van der Waals surface area contributed by atoms with Gasteiger partial charge in [-0.05, 0) is 24.3 Å². The van der Waals surface area contributed by atoms with Crippen LogP contribution in [0.4, 0.5) is 16.3 Å². The predicted molar refractivity (Wildman–Crippen MR) is 110 cm³/mol. The van der Waals surface area contributed by atoms with E-state index >= 15 is 0 Å². The van der Waals surface area contributed by atoms with Gasteiger partial charge < -0.3 is 10.6 Å². The average Bonchev–Trinajstić information content (AvgIpc) is 3.20. The molecule has 0 saturated carbocycles. The summed E-state index contributed by atoms with van der Waals surface area (Å²) < 4.78 is 14.9. The van der Waals surface area contributed by atoms with Crippen LogP contribution < -0.4 is 10.6 Å². The summed E-state index contributed by atoms with van der Waals surface area (Å²) in [5.74, 6) is 1.06. The third-order valence-corrected chi connectivity index (χ3v) is 5.07. The Morgan fingerprint density at radius 2 is 1.83 bits per heavy atom. The normalized spacial score (nSPS) is 15.0. The van der Waals surface area contributed by atoms with Gasteiger partial charge in [-0.2, -0.15) is 19.5 Å². The molecule has 10 heteroatoms. The van der Waals surface area contributed by atoms with Crippen molar-refractivity contribution < 1.29 is 4.39 Å². The van der Waals surface area contributed by atoms with Gasteiger partial charge in [0.15, 0.2) is 5.82 Å². The van der Waals surface area contributed by atoms with Crippen LogP contribution in [-0.4, -0.2) is 60.6 Å². The van der Waals surface area contributed by atoms with Crippen LogP contribution >= 0.6 is 0 Å². The Labute approximate surface area is 172 Å². The van der Waals surface area contributed by atoms with E-state index in [2.05, 4.69) is 34.8 Å². The Bertz CT molecular complexity index is 1170. The summed E-state index contributed by atoms with van der Waals surface area (Å²) in [6.45, 7) is 4.09. The molecule has 1 aliphatic heterocycles. The zero-order valence-electron chi connectivity index (χ0n) is 16.2. The number of piperazine rings is 1. The summed E-state index contributed by atoms with van der Waals surface area (Å²) in [5, 5.41) is 4.32. The summed E-state index contributed by atoms with van der Waals surface area (Å²) in [4.78, 5) is 22.2. The van der Waals surface area contributed by atoms with Crippen LogP contribution in [0.5, 0.6) is 0 Å². The fourth-order valence-electron chi connectivity index (χ4n) is 3.51. The van der Waals surface area contributed by atoms with Gasteiger partial charge in [-0.1, -0.05) is 18.2 Å². The monoisotopic (exact) mass is 405 g/mol. The van der Waals surface area contributed by atoms with Gasteiger partial charge in [0.1, 0.15) is 5.82 Å². The lowest BCUT2D eigenvalue weighted by Crippen LogP contribution is -2.46. The van der Waals surface area contributed by atoms with Gasteiger partial charge in [0.2, 0.25) is 11.9 Å². The topological polar surface area (TPSA) is 101 Å². The Hall–Kier alpha value is -3.66. The number of pyridine rings is 1. The molecule has 1 aliphatic rings. The van der Waals surface area contributed by atoms with Crippen molar-refractivity contribution in [3.8, 4) is 11.4 Å². The third-order valence-electron chi connectivity index (χ3n) is 5.07. The Balaban J connectivity index is 1.34. The van der Waals surface area contributed by atoms with E-state index in [0.717, 1.165) is 38.4 Å². The number of anilines is 2. The van der Waals surface area contributed by atoms with Crippen molar-refractivity contribution in [2.45, 2.75) is 6.54 Å². The quantitative estimate of drug-likeness (QED) is 0.547. The Kier molecular flexibility index (Phi) is 4.68. The van der Waals surface area contributed by atoms with Crippen LogP contribution in [0.25, 0.3) is 17.2 Å². The first-order chi connectivity index (χ1) is 14.7. The third kappa shape index (κ3) is 3.64. The number of halogens is 1. The second-order valence-electron chi connectivity index (χ2n) is 7.12. The number of hydrogen-bond acceptors (Lipinski definition) is 8. The standard InChI is InChI=1S/C20H20FN9/c21-15-5-3-4-14(12-15)17-24-20-26-19(25-18(22)30(20)27-17)29-10-8-28(9-11-29)13-16-6-1-2-7-23-16/h1-7,12H,8-11,13H2,(H2,22,24,25,26,27). The van der Waals surface area contributed by atoms with E-state index in [0.29, 0.717) is 23.1 Å². The lowest BCUT2D eigenvalue weighted by molar-refractivity contribution is 0.246. The van der Waals surface area contributed by atoms with Crippen LogP contribution in [-0.2, 0) is 6.54 Å². The molecule has 0 atom stereocenters. The number of nitrogens with two attached hydrogens (primary N) is 1. The van der Waals surface area contributed by atoms with Crippen molar-refractivity contribution in [3.05, 3.63) is 60.2 Å². The van der Waals surface area contributed by atoms with Crippen molar-refractivity contribution in [1.82, 2.24) is 34.4 Å². The summed E-state index contributed by atoms with van der Waals surface area (Å²) in [6, 6.07) is 12.1. The smallest absolute Gasteiger partial charge is 0.259 e. The highest BCUT2D eigenvalue weighted by molar-refractivity contribution is 5.58. The molecule has 152 valence electrons. The first-order valence-corrected chi connectivity index (χ1v) is 9.69. The highest BCUT2D eigenvalue weighted by Gasteiger charge is 2.21. The second-order valence-corrected chi connectivity index (χ2v) is 7.12. The van der Waals surface area contributed by atoms with Crippen LogP contribution in [0, 0.1) is 5.82 Å². The largest absolute Gasteiger partial charge is 0.368 e. The van der Waals surface area contributed by atoms with Gasteiger partial charge in [0, 0.05) is 44.5 Å². The van der Waals surface area contributed by atoms with E-state index in [-0.39, 0.29) is 11.8 Å². The minimum absolute atomic E-state index is 0.195. The number of nitrogen functional groups attached to an aromatic ring is 1. The zero-order valence-corrected chi connectivity index (χ0v) is 16.2. The minimum Gasteiger partial charge on any atom is -0.368 e. The molecule has 2 N–H and O–H groups in total. The van der Waals surface area contributed by atoms with Gasteiger partial charge in [-0.3, -0.25) is 9.88 Å². The van der Waals surface area contributed by atoms with E-state index in [1.165, 1.54) is 16.6 Å². The first-order valence-electron chi connectivity index (χ1n) is 9.69. The van der Waals surface area contributed by atoms with E-state index in [1.54, 1.807) is 12.1 Å². The molecule has 0 spiro atoms.